The fraction of sp³-hybridized carbons (Fsp3) is 0.353. The Kier molecular flexibility index (Phi) is 4.24. The second kappa shape index (κ2) is 6.84. The molecule has 0 spiro atoms. The molecule has 0 atom stereocenters. The molecule has 0 saturated carbocycles. The number of tetrazole rings is 1. The predicted octanol–water partition coefficient (Wildman–Crippen LogP) is 1.76. The van der Waals surface area contributed by atoms with E-state index in [2.05, 4.69) is 25.9 Å². The van der Waals surface area contributed by atoms with Crippen molar-refractivity contribution in [3.8, 4) is 0 Å². The number of nitrogens with one attached hydrogen (secondary N) is 1. The minimum Gasteiger partial charge on any atom is -0.365 e. The molecule has 1 aromatic carbocycles. The third kappa shape index (κ3) is 3.42. The summed E-state index contributed by atoms with van der Waals surface area (Å²) >= 11 is 0. The van der Waals surface area contributed by atoms with E-state index in [4.69, 9.17) is 0 Å². The van der Waals surface area contributed by atoms with Gasteiger partial charge in [0.2, 0.25) is 0 Å². The van der Waals surface area contributed by atoms with Crippen LogP contribution in [-0.4, -0.2) is 49.2 Å². The van der Waals surface area contributed by atoms with Gasteiger partial charge in [-0.2, -0.15) is 0 Å². The van der Waals surface area contributed by atoms with Gasteiger partial charge in [-0.15, -0.1) is 14.8 Å². The number of anilines is 1. The number of benzene rings is 1. The minimum atomic E-state index is 0.130. The molecule has 1 N–H and O–H groups in total. The number of aromatic nitrogens is 5. The fourth-order valence-electron chi connectivity index (χ4n) is 2.98. The average molecular weight is 337 g/mol. The van der Waals surface area contributed by atoms with Gasteiger partial charge in [0.25, 0.3) is 5.91 Å². The highest BCUT2D eigenvalue weighted by atomic mass is 16.2. The van der Waals surface area contributed by atoms with Crippen molar-refractivity contribution < 1.29 is 4.79 Å². The van der Waals surface area contributed by atoms with Crippen LogP contribution in [-0.2, 0) is 6.54 Å². The smallest absolute Gasteiger partial charge is 0.253 e. The molecule has 0 bridgehead atoms. The minimum absolute atomic E-state index is 0.130. The predicted molar refractivity (Wildman–Crippen MR) is 92.1 cm³/mol. The van der Waals surface area contributed by atoms with E-state index in [1.54, 1.807) is 6.07 Å². The summed E-state index contributed by atoms with van der Waals surface area (Å²) in [7, 11) is 0. The van der Waals surface area contributed by atoms with E-state index < -0.39 is 0 Å². The molecule has 1 aliphatic heterocycles. The van der Waals surface area contributed by atoms with E-state index in [1.807, 2.05) is 35.2 Å². The van der Waals surface area contributed by atoms with Crippen molar-refractivity contribution in [2.45, 2.75) is 25.8 Å². The van der Waals surface area contributed by atoms with Crippen LogP contribution in [0.4, 0.5) is 5.82 Å². The zero-order valence-electron chi connectivity index (χ0n) is 13.8. The molecule has 4 rings (SSSR count). The lowest BCUT2D eigenvalue weighted by Crippen LogP contribution is -2.35. The quantitative estimate of drug-likeness (QED) is 0.780. The number of hydrogen-bond acceptors (Lipinski definition) is 6. The fourth-order valence-corrected chi connectivity index (χ4v) is 2.98. The summed E-state index contributed by atoms with van der Waals surface area (Å²) in [5.74, 6) is 0.818. The summed E-state index contributed by atoms with van der Waals surface area (Å²) in [5, 5.41) is 18.7. The summed E-state index contributed by atoms with van der Waals surface area (Å²) in [5.41, 5.74) is 2.43. The number of carbonyl (C=O) groups excluding carboxylic acids is 1. The molecule has 0 radical (unpaired) electrons. The highest BCUT2D eigenvalue weighted by molar-refractivity contribution is 5.94. The van der Waals surface area contributed by atoms with Crippen molar-refractivity contribution in [3.63, 3.8) is 0 Å². The van der Waals surface area contributed by atoms with E-state index in [9.17, 15) is 4.79 Å². The first-order valence-electron chi connectivity index (χ1n) is 8.47. The number of amides is 1. The first-order valence-corrected chi connectivity index (χ1v) is 8.47. The monoisotopic (exact) mass is 337 g/mol. The van der Waals surface area contributed by atoms with Gasteiger partial charge in [0.15, 0.2) is 5.65 Å². The summed E-state index contributed by atoms with van der Waals surface area (Å²) in [4.78, 5) is 14.4. The molecule has 128 valence electrons. The van der Waals surface area contributed by atoms with Gasteiger partial charge in [-0.3, -0.25) is 4.79 Å². The number of rotatable bonds is 4. The molecule has 1 amide bonds. The van der Waals surface area contributed by atoms with E-state index in [0.717, 1.165) is 37.1 Å². The van der Waals surface area contributed by atoms with Crippen LogP contribution < -0.4 is 5.32 Å². The SMILES string of the molecule is O=C(c1ccc(CNc2ccc3nnnn3n2)cc1)N1CCCCC1. The molecule has 3 heterocycles. The Balaban J connectivity index is 1.39. The molecule has 3 aromatic rings. The molecule has 0 unspecified atom stereocenters. The van der Waals surface area contributed by atoms with E-state index >= 15 is 0 Å². The molecular formula is C17H19N7O. The van der Waals surface area contributed by atoms with Crippen molar-refractivity contribution in [2.24, 2.45) is 0 Å². The van der Waals surface area contributed by atoms with Crippen molar-refractivity contribution in [1.29, 1.82) is 0 Å². The largest absolute Gasteiger partial charge is 0.365 e. The standard InChI is InChI=1S/C17H19N7O/c25-17(23-10-2-1-3-11-23)14-6-4-13(5-7-14)12-18-15-8-9-16-19-21-22-24(16)20-15/h4-9H,1-3,10-12H2,(H,18,20). The van der Waals surface area contributed by atoms with E-state index in [-0.39, 0.29) is 5.91 Å². The molecule has 1 fully saturated rings. The van der Waals surface area contributed by atoms with Gasteiger partial charge < -0.3 is 10.2 Å². The number of carbonyl (C=O) groups is 1. The summed E-state index contributed by atoms with van der Waals surface area (Å²) in [6.45, 7) is 2.35. The van der Waals surface area contributed by atoms with Crippen LogP contribution in [0.5, 0.6) is 0 Å². The van der Waals surface area contributed by atoms with Gasteiger partial charge in [-0.1, -0.05) is 12.1 Å². The number of likely N-dealkylation sites (tertiary alicyclic amines) is 1. The first kappa shape index (κ1) is 15.5. The zero-order valence-corrected chi connectivity index (χ0v) is 13.8. The van der Waals surface area contributed by atoms with Gasteiger partial charge in [-0.05, 0) is 59.5 Å². The van der Waals surface area contributed by atoms with Crippen molar-refractivity contribution in [1.82, 2.24) is 30.2 Å². The highest BCUT2D eigenvalue weighted by Crippen LogP contribution is 2.14. The van der Waals surface area contributed by atoms with Crippen LogP contribution in [0.15, 0.2) is 36.4 Å². The van der Waals surface area contributed by atoms with Gasteiger partial charge in [0.1, 0.15) is 5.82 Å². The van der Waals surface area contributed by atoms with Crippen LogP contribution >= 0.6 is 0 Å². The Morgan fingerprint density at radius 2 is 1.84 bits per heavy atom. The van der Waals surface area contributed by atoms with Crippen LogP contribution in [0.25, 0.3) is 5.65 Å². The Morgan fingerprint density at radius 3 is 2.64 bits per heavy atom. The Morgan fingerprint density at radius 1 is 1.04 bits per heavy atom. The van der Waals surface area contributed by atoms with Crippen LogP contribution in [0.2, 0.25) is 0 Å². The third-order valence-electron chi connectivity index (χ3n) is 4.39. The number of hydrogen-bond donors (Lipinski definition) is 1. The lowest BCUT2D eigenvalue weighted by molar-refractivity contribution is 0.0724. The maximum absolute atomic E-state index is 12.5. The highest BCUT2D eigenvalue weighted by Gasteiger charge is 2.17. The maximum Gasteiger partial charge on any atom is 0.253 e. The van der Waals surface area contributed by atoms with Crippen molar-refractivity contribution >= 4 is 17.4 Å². The van der Waals surface area contributed by atoms with Gasteiger partial charge >= 0.3 is 0 Å². The normalized spacial score (nSPS) is 14.6. The molecule has 2 aromatic heterocycles. The number of nitrogens with zero attached hydrogens (tertiary/aromatic N) is 6. The molecule has 1 aliphatic rings. The molecule has 0 aliphatic carbocycles. The third-order valence-corrected chi connectivity index (χ3v) is 4.39. The summed E-state index contributed by atoms with van der Waals surface area (Å²) < 4.78 is 1.38. The summed E-state index contributed by atoms with van der Waals surface area (Å²) in [6.07, 6.45) is 3.43. The zero-order chi connectivity index (χ0) is 17.1. The molecule has 25 heavy (non-hydrogen) atoms. The molecular weight excluding hydrogens is 318 g/mol. The topological polar surface area (TPSA) is 88.3 Å². The lowest BCUT2D eigenvalue weighted by Gasteiger charge is -2.26. The molecule has 8 heteroatoms. The lowest BCUT2D eigenvalue weighted by atomic mass is 10.1. The van der Waals surface area contributed by atoms with Crippen LogP contribution in [0.3, 0.4) is 0 Å². The Bertz CT molecular complexity index is 868. The average Bonchev–Trinajstić information content (AvgIpc) is 3.15. The van der Waals surface area contributed by atoms with Crippen LogP contribution in [0.1, 0.15) is 35.2 Å². The molecule has 8 nitrogen and oxygen atoms in total. The number of fused-ring (bicyclic) bond motifs is 1. The van der Waals surface area contributed by atoms with Crippen molar-refractivity contribution in [2.75, 3.05) is 18.4 Å². The van der Waals surface area contributed by atoms with E-state index in [0.29, 0.717) is 18.0 Å². The second-order valence-corrected chi connectivity index (χ2v) is 6.15. The summed E-state index contributed by atoms with van der Waals surface area (Å²) in [6, 6.07) is 11.4. The number of piperidine rings is 1. The van der Waals surface area contributed by atoms with Crippen LogP contribution in [0, 0.1) is 0 Å². The first-order chi connectivity index (χ1) is 12.3. The maximum atomic E-state index is 12.5. The van der Waals surface area contributed by atoms with Crippen molar-refractivity contribution in [3.05, 3.63) is 47.5 Å². The Labute approximate surface area is 144 Å². The van der Waals surface area contributed by atoms with Gasteiger partial charge in [-0.25, -0.2) is 0 Å². The second-order valence-electron chi connectivity index (χ2n) is 6.15. The van der Waals surface area contributed by atoms with E-state index in [1.165, 1.54) is 11.1 Å². The van der Waals surface area contributed by atoms with Gasteiger partial charge in [0.05, 0.1) is 0 Å². The Hall–Kier alpha value is -3.03. The van der Waals surface area contributed by atoms with Gasteiger partial charge in [0, 0.05) is 25.2 Å². The molecule has 1 saturated heterocycles.